The number of Topliss-reactive ketones (excluding diaryl/α,β-unsaturated/α-hetero) is 1. The van der Waals surface area contributed by atoms with Gasteiger partial charge in [-0.25, -0.2) is 0 Å². The summed E-state index contributed by atoms with van der Waals surface area (Å²) in [6.07, 6.45) is 8.39. The Bertz CT molecular complexity index is 255. The lowest BCUT2D eigenvalue weighted by atomic mass is 9.86. The number of rotatable bonds is 5. The van der Waals surface area contributed by atoms with Gasteiger partial charge in [0.25, 0.3) is 0 Å². The van der Waals surface area contributed by atoms with Gasteiger partial charge in [0.05, 0.1) is 6.54 Å². The van der Waals surface area contributed by atoms with Gasteiger partial charge in [0.15, 0.2) is 0 Å². The summed E-state index contributed by atoms with van der Waals surface area (Å²) in [5.41, 5.74) is 0. The number of likely N-dealkylation sites (N-methyl/N-ethyl adjacent to an activating group) is 1. The van der Waals surface area contributed by atoms with Crippen molar-refractivity contribution in [1.29, 1.82) is 0 Å². The molecule has 0 amide bonds. The highest BCUT2D eigenvalue weighted by molar-refractivity contribution is 5.83. The van der Waals surface area contributed by atoms with Crippen LogP contribution < -0.4 is 0 Å². The third-order valence-corrected chi connectivity index (χ3v) is 4.40. The summed E-state index contributed by atoms with van der Waals surface area (Å²) < 4.78 is 5.37. The average molecular weight is 253 g/mol. The highest BCUT2D eigenvalue weighted by Crippen LogP contribution is 2.24. The third-order valence-electron chi connectivity index (χ3n) is 4.40. The lowest BCUT2D eigenvalue weighted by molar-refractivity contribution is -0.124. The molecule has 1 saturated heterocycles. The van der Waals surface area contributed by atoms with Crippen molar-refractivity contribution in [3.8, 4) is 0 Å². The first kappa shape index (κ1) is 14.0. The molecule has 104 valence electrons. The lowest BCUT2D eigenvalue weighted by Gasteiger charge is -2.28. The molecule has 1 aliphatic carbocycles. The van der Waals surface area contributed by atoms with Gasteiger partial charge in [-0.15, -0.1) is 0 Å². The van der Waals surface area contributed by atoms with Crippen LogP contribution in [0, 0.1) is 11.8 Å². The van der Waals surface area contributed by atoms with E-state index in [-0.39, 0.29) is 0 Å². The molecule has 1 saturated carbocycles. The highest BCUT2D eigenvalue weighted by Gasteiger charge is 2.23. The Labute approximate surface area is 111 Å². The van der Waals surface area contributed by atoms with Crippen molar-refractivity contribution in [2.24, 2.45) is 11.8 Å². The van der Waals surface area contributed by atoms with Crippen LogP contribution in [0.15, 0.2) is 0 Å². The fourth-order valence-corrected chi connectivity index (χ4v) is 3.25. The van der Waals surface area contributed by atoms with E-state index >= 15 is 0 Å². The van der Waals surface area contributed by atoms with Crippen LogP contribution in [0.5, 0.6) is 0 Å². The van der Waals surface area contributed by atoms with Gasteiger partial charge in [-0.2, -0.15) is 0 Å². The molecular formula is C15H27NO2. The quantitative estimate of drug-likeness (QED) is 0.754. The molecule has 0 atom stereocenters. The van der Waals surface area contributed by atoms with Crippen LogP contribution in [0.4, 0.5) is 0 Å². The summed E-state index contributed by atoms with van der Waals surface area (Å²) in [5, 5.41) is 0. The maximum atomic E-state index is 12.2. The topological polar surface area (TPSA) is 29.5 Å². The van der Waals surface area contributed by atoms with Crippen molar-refractivity contribution in [1.82, 2.24) is 4.90 Å². The normalized spacial score (nSPS) is 23.4. The fourth-order valence-electron chi connectivity index (χ4n) is 3.25. The molecule has 0 aromatic rings. The number of ketones is 1. The van der Waals surface area contributed by atoms with E-state index in [0.29, 0.717) is 18.2 Å². The minimum atomic E-state index is 0.357. The molecule has 2 aliphatic rings. The first-order valence-corrected chi connectivity index (χ1v) is 7.54. The van der Waals surface area contributed by atoms with Gasteiger partial charge in [0.1, 0.15) is 5.78 Å². The second kappa shape index (κ2) is 7.25. The molecule has 3 heteroatoms. The predicted octanol–water partition coefficient (Wildman–Crippen LogP) is 2.49. The smallest absolute Gasteiger partial charge is 0.149 e. The number of hydrogen-bond donors (Lipinski definition) is 0. The highest BCUT2D eigenvalue weighted by atomic mass is 16.5. The van der Waals surface area contributed by atoms with E-state index in [1.54, 1.807) is 0 Å². The summed E-state index contributed by atoms with van der Waals surface area (Å²) in [5.74, 6) is 1.56. The van der Waals surface area contributed by atoms with Crippen LogP contribution in [0.3, 0.4) is 0 Å². The van der Waals surface area contributed by atoms with E-state index in [0.717, 1.165) is 51.4 Å². The zero-order chi connectivity index (χ0) is 12.8. The molecule has 0 radical (unpaired) electrons. The minimum Gasteiger partial charge on any atom is -0.381 e. The summed E-state index contributed by atoms with van der Waals surface area (Å²) >= 11 is 0. The second-order valence-electron chi connectivity index (χ2n) is 6.05. The molecule has 1 heterocycles. The molecular weight excluding hydrogens is 226 g/mol. The van der Waals surface area contributed by atoms with Gasteiger partial charge in [-0.05, 0) is 38.6 Å². The second-order valence-corrected chi connectivity index (χ2v) is 6.05. The van der Waals surface area contributed by atoms with Crippen molar-refractivity contribution in [3.05, 3.63) is 0 Å². The number of nitrogens with zero attached hydrogens (tertiary/aromatic N) is 1. The maximum absolute atomic E-state index is 12.2. The Hall–Kier alpha value is -0.410. The van der Waals surface area contributed by atoms with Crippen LogP contribution in [0.1, 0.15) is 44.9 Å². The van der Waals surface area contributed by atoms with Gasteiger partial charge in [0.2, 0.25) is 0 Å². The summed E-state index contributed by atoms with van der Waals surface area (Å²) in [7, 11) is 2.09. The van der Waals surface area contributed by atoms with E-state index in [1.807, 2.05) is 0 Å². The van der Waals surface area contributed by atoms with Crippen LogP contribution in [0.2, 0.25) is 0 Å². The Morgan fingerprint density at radius 3 is 2.44 bits per heavy atom. The minimum absolute atomic E-state index is 0.357. The van der Waals surface area contributed by atoms with Gasteiger partial charge in [-0.1, -0.05) is 19.3 Å². The zero-order valence-corrected chi connectivity index (χ0v) is 11.7. The molecule has 0 bridgehead atoms. The van der Waals surface area contributed by atoms with Crippen molar-refractivity contribution in [2.75, 3.05) is 33.4 Å². The average Bonchev–Trinajstić information content (AvgIpc) is 2.40. The number of hydrogen-bond acceptors (Lipinski definition) is 3. The lowest BCUT2D eigenvalue weighted by Crippen LogP contribution is -2.35. The zero-order valence-electron chi connectivity index (χ0n) is 11.7. The van der Waals surface area contributed by atoms with Crippen LogP contribution >= 0.6 is 0 Å². The molecule has 0 unspecified atom stereocenters. The molecule has 0 N–H and O–H groups in total. The van der Waals surface area contributed by atoms with Crippen molar-refractivity contribution >= 4 is 5.78 Å². The van der Waals surface area contributed by atoms with Crippen molar-refractivity contribution < 1.29 is 9.53 Å². The predicted molar refractivity (Wildman–Crippen MR) is 72.6 cm³/mol. The summed E-state index contributed by atoms with van der Waals surface area (Å²) in [6.45, 7) is 3.51. The Morgan fingerprint density at radius 1 is 1.11 bits per heavy atom. The Morgan fingerprint density at radius 2 is 1.78 bits per heavy atom. The summed E-state index contributed by atoms with van der Waals surface area (Å²) in [4.78, 5) is 14.4. The monoisotopic (exact) mass is 253 g/mol. The van der Waals surface area contributed by atoms with E-state index in [4.69, 9.17) is 4.74 Å². The first-order valence-electron chi connectivity index (χ1n) is 7.54. The van der Waals surface area contributed by atoms with Crippen LogP contribution in [-0.2, 0) is 9.53 Å². The largest absolute Gasteiger partial charge is 0.381 e. The third kappa shape index (κ3) is 4.36. The van der Waals surface area contributed by atoms with E-state index in [1.165, 1.54) is 19.3 Å². The molecule has 1 aliphatic heterocycles. The Kier molecular flexibility index (Phi) is 5.64. The first-order chi connectivity index (χ1) is 8.75. The number of carbonyl (C=O) groups excluding carboxylic acids is 1. The van der Waals surface area contributed by atoms with Gasteiger partial charge < -0.3 is 4.74 Å². The standard InChI is InChI=1S/C15H27NO2/c1-16(11-13-7-9-18-10-8-13)12-15(17)14-5-3-2-4-6-14/h13-14H,2-12H2,1H3. The van der Waals surface area contributed by atoms with Gasteiger partial charge >= 0.3 is 0 Å². The molecule has 0 spiro atoms. The molecule has 0 aromatic carbocycles. The van der Waals surface area contributed by atoms with Crippen molar-refractivity contribution in [3.63, 3.8) is 0 Å². The molecule has 3 nitrogen and oxygen atoms in total. The molecule has 2 fully saturated rings. The molecule has 18 heavy (non-hydrogen) atoms. The Balaban J connectivity index is 1.68. The van der Waals surface area contributed by atoms with Gasteiger partial charge in [0, 0.05) is 25.7 Å². The summed E-state index contributed by atoms with van der Waals surface area (Å²) in [6, 6.07) is 0. The number of ether oxygens (including phenoxy) is 1. The maximum Gasteiger partial charge on any atom is 0.149 e. The van der Waals surface area contributed by atoms with Crippen LogP contribution in [-0.4, -0.2) is 44.0 Å². The van der Waals surface area contributed by atoms with E-state index in [9.17, 15) is 4.79 Å². The SMILES string of the molecule is CN(CC(=O)C1CCCCC1)CC1CCOCC1. The van der Waals surface area contributed by atoms with Gasteiger partial charge in [-0.3, -0.25) is 9.69 Å². The van der Waals surface area contributed by atoms with E-state index < -0.39 is 0 Å². The molecule has 0 aromatic heterocycles. The van der Waals surface area contributed by atoms with Crippen molar-refractivity contribution in [2.45, 2.75) is 44.9 Å². The van der Waals surface area contributed by atoms with Crippen LogP contribution in [0.25, 0.3) is 0 Å². The molecule has 2 rings (SSSR count). The fraction of sp³-hybridized carbons (Fsp3) is 0.933. The number of carbonyl (C=O) groups is 1. The van der Waals surface area contributed by atoms with E-state index in [2.05, 4.69) is 11.9 Å².